The summed E-state index contributed by atoms with van der Waals surface area (Å²) >= 11 is 0. The zero-order chi connectivity index (χ0) is 13.1. The van der Waals surface area contributed by atoms with Crippen LogP contribution in [-0.4, -0.2) is 20.7 Å². The Labute approximate surface area is 104 Å². The number of aromatic nitrogens is 3. The third kappa shape index (κ3) is 2.57. The highest BCUT2D eigenvalue weighted by Crippen LogP contribution is 2.14. The molecule has 0 unspecified atom stereocenters. The molecule has 0 atom stereocenters. The molecule has 0 saturated heterocycles. The molecule has 0 bridgehead atoms. The van der Waals surface area contributed by atoms with Gasteiger partial charge in [-0.2, -0.15) is 5.10 Å². The smallest absolute Gasteiger partial charge is 0.250 e. The van der Waals surface area contributed by atoms with Crippen LogP contribution >= 0.6 is 0 Å². The van der Waals surface area contributed by atoms with Crippen LogP contribution in [0.5, 0.6) is 0 Å². The number of hydrogen-bond donors (Lipinski definition) is 3. The molecule has 94 valence electrons. The van der Waals surface area contributed by atoms with E-state index in [1.807, 2.05) is 13.2 Å². The second-order valence-corrected chi connectivity index (χ2v) is 3.90. The summed E-state index contributed by atoms with van der Waals surface area (Å²) in [5.74, 6) is -0.0267. The first-order chi connectivity index (χ1) is 8.56. The molecule has 7 heteroatoms. The van der Waals surface area contributed by atoms with Crippen molar-refractivity contribution in [1.82, 2.24) is 14.8 Å². The van der Waals surface area contributed by atoms with Gasteiger partial charge in [-0.05, 0) is 6.07 Å². The van der Waals surface area contributed by atoms with Crippen molar-refractivity contribution in [2.75, 3.05) is 11.1 Å². The van der Waals surface area contributed by atoms with E-state index in [2.05, 4.69) is 15.4 Å². The van der Waals surface area contributed by atoms with Gasteiger partial charge in [-0.25, -0.2) is 4.98 Å². The molecule has 0 radical (unpaired) electrons. The van der Waals surface area contributed by atoms with E-state index in [0.29, 0.717) is 12.4 Å². The maximum Gasteiger partial charge on any atom is 0.250 e. The lowest BCUT2D eigenvalue weighted by atomic mass is 10.2. The molecule has 1 amide bonds. The van der Waals surface area contributed by atoms with Crippen molar-refractivity contribution in [2.45, 2.75) is 6.54 Å². The Hall–Kier alpha value is -2.57. The summed E-state index contributed by atoms with van der Waals surface area (Å²) in [5.41, 5.74) is 12.3. The van der Waals surface area contributed by atoms with Crippen molar-refractivity contribution in [3.05, 3.63) is 35.8 Å². The van der Waals surface area contributed by atoms with Gasteiger partial charge in [0, 0.05) is 25.4 Å². The van der Waals surface area contributed by atoms with Gasteiger partial charge in [-0.15, -0.1) is 0 Å². The molecule has 5 N–H and O–H groups in total. The first kappa shape index (κ1) is 11.9. The molecule has 2 rings (SSSR count). The molecular weight excluding hydrogens is 232 g/mol. The summed E-state index contributed by atoms with van der Waals surface area (Å²) in [4.78, 5) is 15.2. The number of nitrogen functional groups attached to an aromatic ring is 1. The zero-order valence-corrected chi connectivity index (χ0v) is 9.92. The standard InChI is InChI=1S/C11H14N6O/c1-17-6-7(4-16-17)3-14-10-2-8(11(13)18)9(12)5-15-10/h2,4-6H,3,12H2,1H3,(H2,13,18)(H,14,15). The highest BCUT2D eigenvalue weighted by Gasteiger charge is 2.07. The summed E-state index contributed by atoms with van der Waals surface area (Å²) in [6, 6.07) is 1.54. The second-order valence-electron chi connectivity index (χ2n) is 3.90. The number of anilines is 2. The monoisotopic (exact) mass is 246 g/mol. The summed E-state index contributed by atoms with van der Waals surface area (Å²) < 4.78 is 1.71. The third-order valence-corrected chi connectivity index (χ3v) is 2.43. The van der Waals surface area contributed by atoms with Crippen LogP contribution in [0.3, 0.4) is 0 Å². The first-order valence-electron chi connectivity index (χ1n) is 5.33. The topological polar surface area (TPSA) is 112 Å². The minimum absolute atomic E-state index is 0.263. The maximum atomic E-state index is 11.1. The summed E-state index contributed by atoms with van der Waals surface area (Å²) in [6.45, 7) is 0.558. The summed E-state index contributed by atoms with van der Waals surface area (Å²) in [7, 11) is 1.84. The summed E-state index contributed by atoms with van der Waals surface area (Å²) in [5, 5.41) is 7.12. The molecule has 7 nitrogen and oxygen atoms in total. The zero-order valence-electron chi connectivity index (χ0n) is 9.92. The van der Waals surface area contributed by atoms with Gasteiger partial charge in [0.1, 0.15) is 5.82 Å². The Kier molecular flexibility index (Phi) is 3.13. The minimum atomic E-state index is -0.570. The van der Waals surface area contributed by atoms with E-state index in [9.17, 15) is 4.79 Å². The Bertz CT molecular complexity index is 577. The minimum Gasteiger partial charge on any atom is -0.397 e. The average Bonchev–Trinajstić information content (AvgIpc) is 2.74. The molecule has 2 aromatic rings. The number of carbonyl (C=O) groups is 1. The van der Waals surface area contributed by atoms with Crippen LogP contribution in [0, 0.1) is 0 Å². The third-order valence-electron chi connectivity index (χ3n) is 2.43. The summed E-state index contributed by atoms with van der Waals surface area (Å²) in [6.07, 6.45) is 5.05. The highest BCUT2D eigenvalue weighted by molar-refractivity contribution is 5.98. The van der Waals surface area contributed by atoms with Crippen molar-refractivity contribution in [3.8, 4) is 0 Å². The number of rotatable bonds is 4. The van der Waals surface area contributed by atoms with Gasteiger partial charge in [0.05, 0.1) is 23.6 Å². The SMILES string of the molecule is Cn1cc(CNc2cc(C(N)=O)c(N)cn2)cn1. The van der Waals surface area contributed by atoms with Crippen LogP contribution in [0.2, 0.25) is 0 Å². The van der Waals surface area contributed by atoms with Crippen molar-refractivity contribution >= 4 is 17.4 Å². The molecule has 2 aromatic heterocycles. The van der Waals surface area contributed by atoms with E-state index in [1.165, 1.54) is 12.3 Å². The fraction of sp³-hybridized carbons (Fsp3) is 0.182. The number of aryl methyl sites for hydroxylation is 1. The predicted molar refractivity (Wildman–Crippen MR) is 67.7 cm³/mol. The number of amides is 1. The van der Waals surface area contributed by atoms with Gasteiger partial charge in [0.25, 0.3) is 5.91 Å². The average molecular weight is 246 g/mol. The largest absolute Gasteiger partial charge is 0.397 e. The van der Waals surface area contributed by atoms with Crippen molar-refractivity contribution in [2.24, 2.45) is 12.8 Å². The number of nitrogens with zero attached hydrogens (tertiary/aromatic N) is 3. The molecule has 0 fully saturated rings. The molecule has 0 aromatic carbocycles. The van der Waals surface area contributed by atoms with Gasteiger partial charge >= 0.3 is 0 Å². The fourth-order valence-corrected chi connectivity index (χ4v) is 1.53. The molecule has 18 heavy (non-hydrogen) atoms. The maximum absolute atomic E-state index is 11.1. The van der Waals surface area contributed by atoms with E-state index in [4.69, 9.17) is 11.5 Å². The van der Waals surface area contributed by atoms with Crippen LogP contribution in [0.25, 0.3) is 0 Å². The van der Waals surface area contributed by atoms with Gasteiger partial charge < -0.3 is 16.8 Å². The van der Waals surface area contributed by atoms with Crippen molar-refractivity contribution in [1.29, 1.82) is 0 Å². The van der Waals surface area contributed by atoms with E-state index < -0.39 is 5.91 Å². The lowest BCUT2D eigenvalue weighted by Crippen LogP contribution is -2.14. The van der Waals surface area contributed by atoms with E-state index in [-0.39, 0.29) is 11.3 Å². The first-order valence-corrected chi connectivity index (χ1v) is 5.33. The quantitative estimate of drug-likeness (QED) is 0.708. The molecule has 0 spiro atoms. The number of nitrogens with two attached hydrogens (primary N) is 2. The molecular formula is C11H14N6O. The molecule has 0 saturated carbocycles. The number of nitrogens with one attached hydrogen (secondary N) is 1. The van der Waals surface area contributed by atoms with E-state index in [1.54, 1.807) is 10.9 Å². The van der Waals surface area contributed by atoms with Crippen molar-refractivity contribution < 1.29 is 4.79 Å². The van der Waals surface area contributed by atoms with Gasteiger partial charge in [-0.3, -0.25) is 9.48 Å². The molecule has 0 aliphatic rings. The van der Waals surface area contributed by atoms with Crippen molar-refractivity contribution in [3.63, 3.8) is 0 Å². The molecule has 0 aliphatic heterocycles. The number of pyridine rings is 1. The van der Waals surface area contributed by atoms with Crippen LogP contribution in [0.15, 0.2) is 24.7 Å². The van der Waals surface area contributed by atoms with Crippen LogP contribution in [0.4, 0.5) is 11.5 Å². The lowest BCUT2D eigenvalue weighted by molar-refractivity contribution is 0.100. The van der Waals surface area contributed by atoms with Gasteiger partial charge in [-0.1, -0.05) is 0 Å². The van der Waals surface area contributed by atoms with E-state index in [0.717, 1.165) is 5.56 Å². The Morgan fingerprint density at radius 1 is 1.50 bits per heavy atom. The fourth-order valence-electron chi connectivity index (χ4n) is 1.53. The van der Waals surface area contributed by atoms with E-state index >= 15 is 0 Å². The van der Waals surface area contributed by atoms with Gasteiger partial charge in [0.15, 0.2) is 0 Å². The van der Waals surface area contributed by atoms with Crippen LogP contribution in [0.1, 0.15) is 15.9 Å². The van der Waals surface area contributed by atoms with Gasteiger partial charge in [0.2, 0.25) is 0 Å². The number of primary amides is 1. The lowest BCUT2D eigenvalue weighted by Gasteiger charge is -2.06. The Morgan fingerprint density at radius 2 is 2.28 bits per heavy atom. The predicted octanol–water partition coefficient (Wildman–Crippen LogP) is 0.108. The number of carbonyl (C=O) groups excluding carboxylic acids is 1. The highest BCUT2D eigenvalue weighted by atomic mass is 16.1. The Balaban J connectivity index is 2.10. The Morgan fingerprint density at radius 3 is 2.89 bits per heavy atom. The normalized spacial score (nSPS) is 10.3. The molecule has 2 heterocycles. The second kappa shape index (κ2) is 4.74. The molecule has 0 aliphatic carbocycles. The number of hydrogen-bond acceptors (Lipinski definition) is 5. The van der Waals surface area contributed by atoms with Crippen LogP contribution < -0.4 is 16.8 Å². The van der Waals surface area contributed by atoms with Crippen LogP contribution in [-0.2, 0) is 13.6 Å².